The van der Waals surface area contributed by atoms with E-state index in [9.17, 15) is 4.39 Å². The van der Waals surface area contributed by atoms with Crippen molar-refractivity contribution in [3.05, 3.63) is 107 Å². The van der Waals surface area contributed by atoms with Crippen molar-refractivity contribution in [3.8, 4) is 0 Å². The van der Waals surface area contributed by atoms with Crippen molar-refractivity contribution in [1.29, 1.82) is 0 Å². The molecule has 3 aromatic carbocycles. The molecular formula is C23H24FN. The average Bonchev–Trinajstić information content (AvgIpc) is 2.67. The summed E-state index contributed by atoms with van der Waals surface area (Å²) in [5.41, 5.74) is 3.35. The highest BCUT2D eigenvalue weighted by molar-refractivity contribution is 5.32. The van der Waals surface area contributed by atoms with Crippen molar-refractivity contribution in [2.24, 2.45) is 0 Å². The van der Waals surface area contributed by atoms with Crippen LogP contribution in [0.3, 0.4) is 0 Å². The van der Waals surface area contributed by atoms with E-state index in [4.69, 9.17) is 0 Å². The maximum Gasteiger partial charge on any atom is 0.127 e. The second-order valence-corrected chi connectivity index (χ2v) is 6.36. The van der Waals surface area contributed by atoms with Crippen molar-refractivity contribution in [2.75, 3.05) is 6.54 Å². The molecule has 0 spiro atoms. The van der Waals surface area contributed by atoms with E-state index >= 15 is 0 Å². The second-order valence-electron chi connectivity index (χ2n) is 6.36. The summed E-state index contributed by atoms with van der Waals surface area (Å²) in [6.45, 7) is 2.84. The quantitative estimate of drug-likeness (QED) is 0.585. The first kappa shape index (κ1) is 17.4. The Balaban J connectivity index is 1.68. The summed E-state index contributed by atoms with van der Waals surface area (Å²) in [7, 11) is 0. The molecule has 0 saturated carbocycles. The molecule has 128 valence electrons. The van der Waals surface area contributed by atoms with Crippen LogP contribution in [0.4, 0.5) is 4.39 Å². The highest BCUT2D eigenvalue weighted by Crippen LogP contribution is 2.27. The van der Waals surface area contributed by atoms with Crippen LogP contribution in [-0.2, 0) is 0 Å². The van der Waals surface area contributed by atoms with Crippen LogP contribution in [-0.4, -0.2) is 6.54 Å². The third-order valence-corrected chi connectivity index (χ3v) is 4.66. The van der Waals surface area contributed by atoms with E-state index in [2.05, 4.69) is 53.8 Å². The number of hydrogen-bond donors (Lipinski definition) is 1. The smallest absolute Gasteiger partial charge is 0.127 e. The largest absolute Gasteiger partial charge is 0.310 e. The van der Waals surface area contributed by atoms with Gasteiger partial charge >= 0.3 is 0 Å². The Morgan fingerprint density at radius 1 is 0.760 bits per heavy atom. The van der Waals surface area contributed by atoms with E-state index in [1.165, 1.54) is 17.2 Å². The summed E-state index contributed by atoms with van der Waals surface area (Å²) in [6, 6.07) is 28.1. The summed E-state index contributed by atoms with van der Waals surface area (Å²) in [5.74, 6) is 0.188. The van der Waals surface area contributed by atoms with Crippen LogP contribution >= 0.6 is 0 Å². The Labute approximate surface area is 149 Å². The minimum absolute atomic E-state index is 0.00611. The minimum Gasteiger partial charge on any atom is -0.310 e. The Hall–Kier alpha value is -2.45. The van der Waals surface area contributed by atoms with E-state index in [1.807, 2.05) is 31.2 Å². The molecule has 0 amide bonds. The lowest BCUT2D eigenvalue weighted by Gasteiger charge is -2.21. The van der Waals surface area contributed by atoms with Crippen LogP contribution in [0.1, 0.15) is 42.0 Å². The molecule has 0 radical (unpaired) electrons. The summed E-state index contributed by atoms with van der Waals surface area (Å²) >= 11 is 0. The van der Waals surface area contributed by atoms with Gasteiger partial charge in [-0.05, 0) is 37.1 Å². The van der Waals surface area contributed by atoms with Gasteiger partial charge in [0.15, 0.2) is 0 Å². The number of halogens is 1. The average molecular weight is 333 g/mol. The number of rotatable bonds is 7. The van der Waals surface area contributed by atoms with Gasteiger partial charge in [-0.25, -0.2) is 4.39 Å². The monoisotopic (exact) mass is 333 g/mol. The van der Waals surface area contributed by atoms with Crippen molar-refractivity contribution in [2.45, 2.75) is 25.3 Å². The molecule has 1 unspecified atom stereocenters. The lowest BCUT2D eigenvalue weighted by molar-refractivity contribution is 0.511. The molecule has 0 fully saturated rings. The van der Waals surface area contributed by atoms with E-state index in [0.29, 0.717) is 5.92 Å². The fourth-order valence-electron chi connectivity index (χ4n) is 3.28. The van der Waals surface area contributed by atoms with Crippen LogP contribution < -0.4 is 5.32 Å². The molecule has 1 atom stereocenters. The number of hydrogen-bond acceptors (Lipinski definition) is 1. The predicted octanol–water partition coefficient (Wildman–Crippen LogP) is 5.70. The molecule has 25 heavy (non-hydrogen) atoms. The summed E-state index contributed by atoms with van der Waals surface area (Å²) < 4.78 is 13.9. The highest BCUT2D eigenvalue weighted by Gasteiger charge is 2.15. The summed E-state index contributed by atoms with van der Waals surface area (Å²) in [4.78, 5) is 0. The molecule has 0 aliphatic heterocycles. The van der Waals surface area contributed by atoms with E-state index < -0.39 is 0 Å². The first-order valence-electron chi connectivity index (χ1n) is 8.83. The number of nitrogens with one attached hydrogen (secondary N) is 1. The molecule has 0 aromatic heterocycles. The molecule has 0 aliphatic rings. The molecular weight excluding hydrogens is 309 g/mol. The van der Waals surface area contributed by atoms with Gasteiger partial charge in [0, 0.05) is 17.5 Å². The first-order chi connectivity index (χ1) is 12.3. The molecule has 0 aliphatic carbocycles. The lowest BCUT2D eigenvalue weighted by Crippen LogP contribution is -2.22. The van der Waals surface area contributed by atoms with Crippen LogP contribution in [0.25, 0.3) is 0 Å². The van der Waals surface area contributed by atoms with Gasteiger partial charge in [0.05, 0.1) is 0 Å². The first-order valence-corrected chi connectivity index (χ1v) is 8.83. The third kappa shape index (κ3) is 4.55. The highest BCUT2D eigenvalue weighted by atomic mass is 19.1. The van der Waals surface area contributed by atoms with Crippen LogP contribution in [0.15, 0.2) is 84.9 Å². The summed E-state index contributed by atoms with van der Waals surface area (Å²) in [6.07, 6.45) is 0.965. The standard InChI is InChI=1S/C23H24FN/c1-18(21-14-8-9-15-23(21)24)25-17-16-22(19-10-4-2-5-11-19)20-12-6-3-7-13-20/h2-15,18,22,25H,16-17H2,1H3. The van der Waals surface area contributed by atoms with Crippen molar-refractivity contribution in [1.82, 2.24) is 5.32 Å². The summed E-state index contributed by atoms with van der Waals surface area (Å²) in [5, 5.41) is 3.47. The zero-order chi connectivity index (χ0) is 17.5. The fraction of sp³-hybridized carbons (Fsp3) is 0.217. The molecule has 3 aromatic rings. The van der Waals surface area contributed by atoms with E-state index in [0.717, 1.165) is 18.5 Å². The SMILES string of the molecule is CC(NCCC(c1ccccc1)c1ccccc1)c1ccccc1F. The maximum atomic E-state index is 13.9. The van der Waals surface area contributed by atoms with E-state index in [-0.39, 0.29) is 11.9 Å². The normalized spacial score (nSPS) is 12.3. The van der Waals surface area contributed by atoms with Crippen molar-refractivity contribution < 1.29 is 4.39 Å². The number of benzene rings is 3. The zero-order valence-corrected chi connectivity index (χ0v) is 14.5. The molecule has 0 saturated heterocycles. The molecule has 3 rings (SSSR count). The predicted molar refractivity (Wildman–Crippen MR) is 102 cm³/mol. The maximum absolute atomic E-state index is 13.9. The van der Waals surface area contributed by atoms with Gasteiger partial charge in [0.2, 0.25) is 0 Å². The Bertz CT molecular complexity index is 731. The molecule has 0 heterocycles. The zero-order valence-electron chi connectivity index (χ0n) is 14.5. The van der Waals surface area contributed by atoms with Gasteiger partial charge in [-0.15, -0.1) is 0 Å². The van der Waals surface area contributed by atoms with Crippen LogP contribution in [0.5, 0.6) is 0 Å². The minimum atomic E-state index is -0.148. The van der Waals surface area contributed by atoms with Gasteiger partial charge in [0.1, 0.15) is 5.82 Å². The molecule has 1 nitrogen and oxygen atoms in total. The van der Waals surface area contributed by atoms with Gasteiger partial charge in [-0.3, -0.25) is 0 Å². The van der Waals surface area contributed by atoms with Gasteiger partial charge in [-0.2, -0.15) is 0 Å². The molecule has 1 N–H and O–H groups in total. The second kappa shape index (κ2) is 8.59. The lowest BCUT2D eigenvalue weighted by atomic mass is 9.88. The Morgan fingerprint density at radius 2 is 1.28 bits per heavy atom. The molecule has 2 heteroatoms. The van der Waals surface area contributed by atoms with E-state index in [1.54, 1.807) is 6.07 Å². The van der Waals surface area contributed by atoms with Crippen molar-refractivity contribution in [3.63, 3.8) is 0 Å². The van der Waals surface area contributed by atoms with Crippen molar-refractivity contribution >= 4 is 0 Å². The third-order valence-electron chi connectivity index (χ3n) is 4.66. The Kier molecular flexibility index (Phi) is 5.97. The van der Waals surface area contributed by atoms with Crippen LogP contribution in [0, 0.1) is 5.82 Å². The van der Waals surface area contributed by atoms with Gasteiger partial charge in [0.25, 0.3) is 0 Å². The van der Waals surface area contributed by atoms with Gasteiger partial charge < -0.3 is 5.32 Å². The van der Waals surface area contributed by atoms with Gasteiger partial charge in [-0.1, -0.05) is 78.9 Å². The topological polar surface area (TPSA) is 12.0 Å². The fourth-order valence-corrected chi connectivity index (χ4v) is 3.28. The molecule has 0 bridgehead atoms. The Morgan fingerprint density at radius 3 is 1.84 bits per heavy atom. The van der Waals surface area contributed by atoms with Crippen LogP contribution in [0.2, 0.25) is 0 Å².